The lowest BCUT2D eigenvalue weighted by atomic mass is 10.1. The summed E-state index contributed by atoms with van der Waals surface area (Å²) in [4.78, 5) is 26.0. The van der Waals surface area contributed by atoms with Gasteiger partial charge in [0.2, 0.25) is 10.6 Å². The molecule has 11 nitrogen and oxygen atoms in total. The summed E-state index contributed by atoms with van der Waals surface area (Å²) in [6, 6.07) is 0. The molecule has 2 fully saturated rings. The zero-order valence-corrected chi connectivity index (χ0v) is 23.3. The molecule has 2 aliphatic rings. The normalized spacial score (nSPS) is 27.2. The van der Waals surface area contributed by atoms with Crippen molar-refractivity contribution in [2.45, 2.75) is 83.1 Å². The van der Waals surface area contributed by atoms with E-state index in [9.17, 15) is 9.36 Å². The van der Waals surface area contributed by atoms with Gasteiger partial charge in [-0.15, -0.1) is 0 Å². The summed E-state index contributed by atoms with van der Waals surface area (Å²) in [6.07, 6.45) is 0.891. The van der Waals surface area contributed by atoms with E-state index in [-0.39, 0.29) is 18.5 Å². The molecule has 2 saturated heterocycles. The maximum atomic E-state index is 13.0. The Morgan fingerprint density at radius 1 is 1.25 bits per heavy atom. The lowest BCUT2D eigenvalue weighted by Crippen LogP contribution is -2.43. The average molecular weight is 545 g/mol. The number of hydrogen-bond acceptors (Lipinski definition) is 10. The van der Waals surface area contributed by atoms with Crippen molar-refractivity contribution < 1.29 is 33.0 Å². The molecule has 0 bridgehead atoms. The van der Waals surface area contributed by atoms with E-state index in [4.69, 9.17) is 35.3 Å². The fourth-order valence-electron chi connectivity index (χ4n) is 4.50. The number of hydrogen-bond donors (Lipinski definition) is 0. The van der Waals surface area contributed by atoms with Crippen molar-refractivity contribution in [3.8, 4) is 0 Å². The van der Waals surface area contributed by atoms with Crippen LogP contribution in [0.5, 0.6) is 0 Å². The highest BCUT2D eigenvalue weighted by Crippen LogP contribution is 2.53. The highest BCUT2D eigenvalue weighted by Gasteiger charge is 2.57. The van der Waals surface area contributed by atoms with Crippen molar-refractivity contribution in [1.29, 1.82) is 0 Å². The fourth-order valence-corrected chi connectivity index (χ4v) is 5.58. The number of carbonyl (C=O) groups is 1. The van der Waals surface area contributed by atoms with Crippen molar-refractivity contribution in [1.82, 2.24) is 19.5 Å². The van der Waals surface area contributed by atoms with Crippen molar-refractivity contribution in [2.75, 3.05) is 26.5 Å². The van der Waals surface area contributed by atoms with Crippen molar-refractivity contribution in [3.05, 3.63) is 17.3 Å². The van der Waals surface area contributed by atoms with Crippen LogP contribution in [0.15, 0.2) is 6.33 Å². The lowest BCUT2D eigenvalue weighted by molar-refractivity contribution is -0.205. The van der Waals surface area contributed by atoms with Gasteiger partial charge in [-0.3, -0.25) is 4.57 Å². The monoisotopic (exact) mass is 544 g/mol. The number of ether oxygens (including phenoxy) is 5. The number of carbonyl (C=O) groups excluding carboxylic acids is 1. The average Bonchev–Trinajstić information content (AvgIpc) is 3.42. The molecular formula is C23H34ClN4O7P. The van der Waals surface area contributed by atoms with Gasteiger partial charge < -0.3 is 28.2 Å². The van der Waals surface area contributed by atoms with Crippen molar-refractivity contribution in [2.24, 2.45) is 0 Å². The molecule has 2 aromatic heterocycles. The van der Waals surface area contributed by atoms with Gasteiger partial charge >= 0.3 is 5.97 Å². The summed E-state index contributed by atoms with van der Waals surface area (Å²) in [5, 5.41) is -1.51. The van der Waals surface area contributed by atoms with Gasteiger partial charge in [-0.05, 0) is 59.0 Å². The molecule has 0 amide bonds. The Morgan fingerprint density at radius 2 is 1.94 bits per heavy atom. The molecule has 0 aliphatic carbocycles. The molecule has 0 radical (unpaired) electrons. The first kappa shape index (κ1) is 27.4. The van der Waals surface area contributed by atoms with E-state index >= 15 is 0 Å². The van der Waals surface area contributed by atoms with E-state index in [1.54, 1.807) is 17.8 Å². The Bertz CT molecular complexity index is 1180. The number of imidazole rings is 1. The first-order valence-electron chi connectivity index (χ1n) is 12.1. The molecule has 0 aromatic carbocycles. The lowest BCUT2D eigenvalue weighted by Gasteiger charge is -2.33. The number of halogens is 1. The topological polar surface area (TPSA) is 124 Å². The zero-order chi connectivity index (χ0) is 26.5. The van der Waals surface area contributed by atoms with Crippen LogP contribution in [0.1, 0.15) is 53.0 Å². The minimum absolute atomic E-state index is 0.0679. The molecule has 4 rings (SSSR count). The van der Waals surface area contributed by atoms with Crippen LogP contribution >= 0.6 is 18.7 Å². The van der Waals surface area contributed by atoms with E-state index in [1.807, 2.05) is 13.8 Å². The van der Waals surface area contributed by atoms with E-state index in [0.29, 0.717) is 17.6 Å². The number of nitrogens with zero attached hydrogens (tertiary/aromatic N) is 4. The number of aromatic nitrogens is 4. The van der Waals surface area contributed by atoms with E-state index < -0.39 is 48.8 Å². The number of fused-ring (bicyclic) bond motifs is 2. The van der Waals surface area contributed by atoms with Crippen LogP contribution in [0, 0.1) is 0 Å². The van der Waals surface area contributed by atoms with Crippen molar-refractivity contribution >= 4 is 35.9 Å². The molecule has 5 atom stereocenters. The van der Waals surface area contributed by atoms with Crippen LogP contribution < -0.4 is 0 Å². The molecule has 4 heterocycles. The fraction of sp³-hybridized carbons (Fsp3) is 0.739. The molecule has 2 aliphatic heterocycles. The summed E-state index contributed by atoms with van der Waals surface area (Å²) in [6.45, 7) is 11.9. The predicted molar refractivity (Wildman–Crippen MR) is 133 cm³/mol. The second-order valence-corrected chi connectivity index (χ2v) is 13.9. The van der Waals surface area contributed by atoms with E-state index in [0.717, 1.165) is 12.1 Å². The standard InChI is InChI=1S/C23H34ClN4O7P/c1-8-10-13-15-18(27-21(24)26-13)28(12-25-15)19-17-16(34-22(3,4)35-17)14(33-19)11-32-23(5,36(6,7)30)20(29)31-9-2/h12,14,16-17,19H,8-11H2,1-7H3/t14-,16-,17-,19-,23-/m1/s1. The maximum absolute atomic E-state index is 13.0. The Labute approximate surface area is 215 Å². The number of esters is 1. The molecular weight excluding hydrogens is 511 g/mol. The third kappa shape index (κ3) is 4.93. The minimum atomic E-state index is -3.07. The first-order chi connectivity index (χ1) is 16.8. The largest absolute Gasteiger partial charge is 0.463 e. The zero-order valence-electron chi connectivity index (χ0n) is 21.7. The SMILES string of the molecule is CCCc1nc(Cl)nc2c1ncn2[C@@H]1O[C@H](CO[C@@](C)(C(=O)OCC)P(C)(C)=O)[C@H]2OC(C)(C)O[C@H]21. The van der Waals surface area contributed by atoms with Gasteiger partial charge in [0.25, 0.3) is 0 Å². The summed E-state index contributed by atoms with van der Waals surface area (Å²) in [5.41, 5.74) is 1.93. The Hall–Kier alpha value is -1.62. The van der Waals surface area contributed by atoms with Crippen molar-refractivity contribution in [3.63, 3.8) is 0 Å². The van der Waals surface area contributed by atoms with Crippen LogP contribution in [0.3, 0.4) is 0 Å². The number of aryl methyl sites for hydroxylation is 1. The molecule has 0 saturated carbocycles. The van der Waals surface area contributed by atoms with Gasteiger partial charge in [0.05, 0.1) is 25.2 Å². The maximum Gasteiger partial charge on any atom is 0.345 e. The quantitative estimate of drug-likeness (QED) is 0.262. The van der Waals surface area contributed by atoms with Crippen LogP contribution in [0.2, 0.25) is 5.28 Å². The highest BCUT2D eigenvalue weighted by molar-refractivity contribution is 7.64. The molecule has 200 valence electrons. The summed E-state index contributed by atoms with van der Waals surface area (Å²) in [5.74, 6) is -1.55. The highest BCUT2D eigenvalue weighted by atomic mass is 35.5. The number of rotatable bonds is 9. The van der Waals surface area contributed by atoms with E-state index in [1.165, 1.54) is 20.3 Å². The Morgan fingerprint density at radius 3 is 2.58 bits per heavy atom. The summed E-state index contributed by atoms with van der Waals surface area (Å²) >= 11 is 6.23. The van der Waals surface area contributed by atoms with Gasteiger partial charge in [-0.25, -0.2) is 14.8 Å². The third-order valence-electron chi connectivity index (χ3n) is 6.56. The second-order valence-electron chi connectivity index (χ2n) is 10.0. The smallest absolute Gasteiger partial charge is 0.345 e. The molecule has 0 spiro atoms. The van der Waals surface area contributed by atoms with E-state index in [2.05, 4.69) is 21.9 Å². The third-order valence-corrected chi connectivity index (χ3v) is 9.10. The Kier molecular flexibility index (Phi) is 7.56. The molecule has 13 heteroatoms. The van der Waals surface area contributed by atoms with Gasteiger partial charge in [-0.1, -0.05) is 13.3 Å². The van der Waals surface area contributed by atoms with Gasteiger partial charge in [0.1, 0.15) is 31.0 Å². The van der Waals surface area contributed by atoms with Gasteiger partial charge in [0, 0.05) is 0 Å². The first-order valence-corrected chi connectivity index (χ1v) is 15.1. The Balaban J connectivity index is 1.65. The molecule has 0 N–H and O–H groups in total. The predicted octanol–water partition coefficient (Wildman–Crippen LogP) is 3.77. The molecule has 0 unspecified atom stereocenters. The second kappa shape index (κ2) is 9.93. The summed E-state index contributed by atoms with van der Waals surface area (Å²) < 4.78 is 44.7. The van der Waals surface area contributed by atoms with Crippen LogP contribution in [-0.4, -0.2) is 81.5 Å². The van der Waals surface area contributed by atoms with Gasteiger partial charge in [0.15, 0.2) is 17.7 Å². The van der Waals surface area contributed by atoms with Crippen LogP contribution in [-0.2, 0) is 39.5 Å². The van der Waals surface area contributed by atoms with Gasteiger partial charge in [-0.2, -0.15) is 4.98 Å². The summed E-state index contributed by atoms with van der Waals surface area (Å²) in [7, 11) is -3.07. The van der Waals surface area contributed by atoms with Crippen LogP contribution in [0.25, 0.3) is 11.2 Å². The molecule has 2 aromatic rings. The minimum Gasteiger partial charge on any atom is -0.463 e. The van der Waals surface area contributed by atoms with Crippen LogP contribution in [0.4, 0.5) is 0 Å². The molecule has 36 heavy (non-hydrogen) atoms.